The van der Waals surface area contributed by atoms with Gasteiger partial charge in [-0.1, -0.05) is 54.1 Å². The van der Waals surface area contributed by atoms with Gasteiger partial charge in [0.1, 0.15) is 0 Å². The van der Waals surface area contributed by atoms with Crippen molar-refractivity contribution in [3.63, 3.8) is 0 Å². The first kappa shape index (κ1) is 19.7. The van der Waals surface area contributed by atoms with Crippen LogP contribution in [0.5, 0.6) is 0 Å². The molecule has 5 nitrogen and oxygen atoms in total. The fraction of sp³-hybridized carbons (Fsp3) is 0.200. The second-order valence-electron chi connectivity index (χ2n) is 7.57. The minimum absolute atomic E-state index is 0.00529. The summed E-state index contributed by atoms with van der Waals surface area (Å²) in [6.45, 7) is 4.07. The van der Waals surface area contributed by atoms with Crippen LogP contribution in [0, 0.1) is 6.92 Å². The number of hydrogen-bond acceptors (Lipinski definition) is 2. The lowest BCUT2D eigenvalue weighted by atomic mass is 10.1. The van der Waals surface area contributed by atoms with Crippen LogP contribution in [0.1, 0.15) is 27.9 Å². The van der Waals surface area contributed by atoms with Crippen molar-refractivity contribution in [1.29, 1.82) is 0 Å². The fourth-order valence-electron chi connectivity index (χ4n) is 3.74. The minimum Gasteiger partial charge on any atom is -0.322 e. The first-order chi connectivity index (χ1) is 14.6. The number of urea groups is 1. The summed E-state index contributed by atoms with van der Waals surface area (Å²) in [6, 6.07) is 24.8. The van der Waals surface area contributed by atoms with Gasteiger partial charge in [0.25, 0.3) is 5.91 Å². The fourth-order valence-corrected chi connectivity index (χ4v) is 3.74. The zero-order chi connectivity index (χ0) is 20.9. The third-order valence-electron chi connectivity index (χ3n) is 5.22. The smallest absolute Gasteiger partial charge is 0.322 e. The number of carbonyl (C=O) groups excluding carboxylic acids is 2. The van der Waals surface area contributed by atoms with Gasteiger partial charge in [-0.05, 0) is 49.2 Å². The molecular weight excluding hydrogens is 374 g/mol. The van der Waals surface area contributed by atoms with Crippen LogP contribution in [0.3, 0.4) is 0 Å². The van der Waals surface area contributed by atoms with Gasteiger partial charge in [-0.25, -0.2) is 4.79 Å². The van der Waals surface area contributed by atoms with Crippen LogP contribution in [-0.2, 0) is 6.54 Å². The van der Waals surface area contributed by atoms with Crippen LogP contribution in [0.15, 0.2) is 78.9 Å². The summed E-state index contributed by atoms with van der Waals surface area (Å²) in [7, 11) is 0. The van der Waals surface area contributed by atoms with E-state index >= 15 is 0 Å². The topological polar surface area (TPSA) is 52.6 Å². The number of nitrogens with zero attached hydrogens (tertiary/aromatic N) is 2. The number of aryl methyl sites for hydroxylation is 1. The van der Waals surface area contributed by atoms with Crippen molar-refractivity contribution in [3.8, 4) is 0 Å². The molecule has 0 bridgehead atoms. The van der Waals surface area contributed by atoms with E-state index in [2.05, 4.69) is 30.4 Å². The van der Waals surface area contributed by atoms with Crippen molar-refractivity contribution in [2.75, 3.05) is 23.3 Å². The molecule has 0 aromatic heterocycles. The number of amides is 3. The zero-order valence-electron chi connectivity index (χ0n) is 17.0. The van der Waals surface area contributed by atoms with E-state index in [4.69, 9.17) is 0 Å². The van der Waals surface area contributed by atoms with Gasteiger partial charge in [-0.3, -0.25) is 9.69 Å². The van der Waals surface area contributed by atoms with E-state index in [0.717, 1.165) is 24.2 Å². The molecule has 1 heterocycles. The second-order valence-corrected chi connectivity index (χ2v) is 7.57. The summed E-state index contributed by atoms with van der Waals surface area (Å²) in [5, 5.41) is 2.92. The molecule has 1 fully saturated rings. The number of rotatable bonds is 5. The van der Waals surface area contributed by atoms with Gasteiger partial charge in [-0.2, -0.15) is 0 Å². The van der Waals surface area contributed by atoms with Crippen LogP contribution < -0.4 is 10.2 Å². The van der Waals surface area contributed by atoms with Crippen molar-refractivity contribution < 1.29 is 9.59 Å². The summed E-state index contributed by atoms with van der Waals surface area (Å²) in [4.78, 5) is 29.3. The molecule has 1 N–H and O–H groups in total. The third-order valence-corrected chi connectivity index (χ3v) is 5.22. The molecule has 0 unspecified atom stereocenters. The molecule has 1 saturated heterocycles. The van der Waals surface area contributed by atoms with Crippen LogP contribution in [-0.4, -0.2) is 29.9 Å². The molecule has 1 aliphatic heterocycles. The lowest BCUT2D eigenvalue weighted by molar-refractivity contribution is 0.102. The molecule has 0 aliphatic carbocycles. The maximum absolute atomic E-state index is 13.1. The molecule has 3 amide bonds. The van der Waals surface area contributed by atoms with E-state index in [1.807, 2.05) is 53.4 Å². The first-order valence-electron chi connectivity index (χ1n) is 10.2. The average Bonchev–Trinajstić information content (AvgIpc) is 2.76. The highest BCUT2D eigenvalue weighted by molar-refractivity contribution is 6.04. The van der Waals surface area contributed by atoms with Gasteiger partial charge in [0.2, 0.25) is 0 Å². The lowest BCUT2D eigenvalue weighted by Crippen LogP contribution is -2.49. The molecule has 4 rings (SSSR count). The Morgan fingerprint density at radius 2 is 1.73 bits per heavy atom. The molecule has 0 spiro atoms. The number of nitrogens with one attached hydrogen (secondary N) is 1. The van der Waals surface area contributed by atoms with Gasteiger partial charge in [0.15, 0.2) is 0 Å². The van der Waals surface area contributed by atoms with Crippen molar-refractivity contribution in [2.24, 2.45) is 0 Å². The van der Waals surface area contributed by atoms with E-state index in [-0.39, 0.29) is 11.9 Å². The van der Waals surface area contributed by atoms with Gasteiger partial charge >= 0.3 is 6.03 Å². The molecule has 0 radical (unpaired) electrons. The van der Waals surface area contributed by atoms with E-state index in [1.165, 1.54) is 5.56 Å². The zero-order valence-corrected chi connectivity index (χ0v) is 17.0. The van der Waals surface area contributed by atoms with Crippen LogP contribution in [0.2, 0.25) is 0 Å². The Morgan fingerprint density at radius 3 is 2.53 bits per heavy atom. The molecule has 152 valence electrons. The highest BCUT2D eigenvalue weighted by atomic mass is 16.2. The number of benzene rings is 3. The Kier molecular flexibility index (Phi) is 5.80. The Balaban J connectivity index is 1.48. The lowest BCUT2D eigenvalue weighted by Gasteiger charge is -2.36. The average molecular weight is 399 g/mol. The van der Waals surface area contributed by atoms with E-state index in [0.29, 0.717) is 24.3 Å². The Morgan fingerprint density at radius 1 is 0.933 bits per heavy atom. The molecule has 30 heavy (non-hydrogen) atoms. The summed E-state index contributed by atoms with van der Waals surface area (Å²) >= 11 is 0. The molecule has 0 atom stereocenters. The normalized spacial score (nSPS) is 14.0. The minimum atomic E-state index is -0.168. The summed E-state index contributed by atoms with van der Waals surface area (Å²) in [5.41, 5.74) is 4.38. The van der Waals surface area contributed by atoms with Gasteiger partial charge in [0.05, 0.1) is 0 Å². The maximum atomic E-state index is 13.1. The Labute approximate surface area is 176 Å². The largest absolute Gasteiger partial charge is 0.324 e. The van der Waals surface area contributed by atoms with Gasteiger partial charge < -0.3 is 10.2 Å². The highest BCUT2D eigenvalue weighted by Crippen LogP contribution is 2.25. The molecule has 5 heteroatoms. The monoisotopic (exact) mass is 399 g/mol. The van der Waals surface area contributed by atoms with Crippen molar-refractivity contribution >= 4 is 23.3 Å². The summed E-state index contributed by atoms with van der Waals surface area (Å²) in [6.07, 6.45) is 0.901. The molecule has 3 aromatic rings. The first-order valence-corrected chi connectivity index (χ1v) is 10.2. The quantitative estimate of drug-likeness (QED) is 0.650. The second kappa shape index (κ2) is 8.82. The predicted molar refractivity (Wildman–Crippen MR) is 120 cm³/mol. The maximum Gasteiger partial charge on any atom is 0.324 e. The van der Waals surface area contributed by atoms with Crippen molar-refractivity contribution in [1.82, 2.24) is 4.90 Å². The van der Waals surface area contributed by atoms with Crippen LogP contribution in [0.4, 0.5) is 16.2 Å². The Hall–Kier alpha value is -3.60. The van der Waals surface area contributed by atoms with Crippen LogP contribution >= 0.6 is 0 Å². The third kappa shape index (κ3) is 4.51. The molecule has 0 saturated carbocycles. The van der Waals surface area contributed by atoms with Crippen LogP contribution in [0.25, 0.3) is 0 Å². The van der Waals surface area contributed by atoms with Gasteiger partial charge in [-0.15, -0.1) is 0 Å². The molecular formula is C25H25N3O2. The molecule has 1 aliphatic rings. The highest BCUT2D eigenvalue weighted by Gasteiger charge is 2.27. The predicted octanol–water partition coefficient (Wildman–Crippen LogP) is 5.08. The summed E-state index contributed by atoms with van der Waals surface area (Å²) < 4.78 is 0. The number of anilines is 2. The van der Waals surface area contributed by atoms with Gasteiger partial charge in [0, 0.05) is 36.6 Å². The SMILES string of the molecule is Cc1cccc(CN2CCCN(c3cccc(NC(=O)c4ccccc4)c3)C2=O)c1. The van der Waals surface area contributed by atoms with E-state index in [1.54, 1.807) is 17.0 Å². The number of hydrogen-bond donors (Lipinski definition) is 1. The Bertz CT molecular complexity index is 1050. The van der Waals surface area contributed by atoms with Crippen molar-refractivity contribution in [2.45, 2.75) is 19.9 Å². The molecule has 3 aromatic carbocycles. The van der Waals surface area contributed by atoms with E-state index in [9.17, 15) is 9.59 Å². The van der Waals surface area contributed by atoms with Crippen molar-refractivity contribution in [3.05, 3.63) is 95.6 Å². The number of carbonyl (C=O) groups is 2. The standard InChI is InChI=1S/C25H25N3O2/c1-19-8-5-9-20(16-19)18-27-14-7-15-28(25(27)30)23-13-6-12-22(17-23)26-24(29)21-10-3-2-4-11-21/h2-6,8-13,16-17H,7,14-15,18H2,1H3,(H,26,29). The summed E-state index contributed by atoms with van der Waals surface area (Å²) in [5.74, 6) is -0.168. The van der Waals surface area contributed by atoms with E-state index < -0.39 is 0 Å².